The number of anilines is 1. The number of nitrogen functional groups attached to an aromatic ring is 1. The zero-order chi connectivity index (χ0) is 13.1. The summed E-state index contributed by atoms with van der Waals surface area (Å²) in [4.78, 5) is 11.8. The Bertz CT molecular complexity index is 566. The van der Waals surface area contributed by atoms with E-state index >= 15 is 0 Å². The summed E-state index contributed by atoms with van der Waals surface area (Å²) < 4.78 is 5.03. The van der Waals surface area contributed by atoms with Gasteiger partial charge in [0.05, 0.1) is 6.04 Å². The van der Waals surface area contributed by atoms with E-state index in [2.05, 4.69) is 5.32 Å². The maximum atomic E-state index is 11.8. The highest BCUT2D eigenvalue weighted by molar-refractivity contribution is 6.29. The number of para-hydroxylation sites is 1. The van der Waals surface area contributed by atoms with Gasteiger partial charge in [0.15, 0.2) is 11.0 Å². The third-order valence-electron chi connectivity index (χ3n) is 2.61. The predicted octanol–water partition coefficient (Wildman–Crippen LogP) is 3.01. The minimum absolute atomic E-state index is 0.182. The SMILES string of the molecule is CC(NC(=O)c1ccc(Cl)o1)c1ccccc1N. The van der Waals surface area contributed by atoms with E-state index in [9.17, 15) is 4.79 Å². The fraction of sp³-hybridized carbons (Fsp3) is 0.154. The van der Waals surface area contributed by atoms with Crippen LogP contribution in [0.5, 0.6) is 0 Å². The largest absolute Gasteiger partial charge is 0.440 e. The second-order valence-corrected chi connectivity index (χ2v) is 4.30. The molecule has 4 nitrogen and oxygen atoms in total. The van der Waals surface area contributed by atoms with Gasteiger partial charge in [-0.1, -0.05) is 18.2 Å². The van der Waals surface area contributed by atoms with E-state index < -0.39 is 0 Å². The first kappa shape index (κ1) is 12.5. The summed E-state index contributed by atoms with van der Waals surface area (Å²) in [6.07, 6.45) is 0. The van der Waals surface area contributed by atoms with E-state index in [1.54, 1.807) is 6.07 Å². The maximum absolute atomic E-state index is 11.8. The quantitative estimate of drug-likeness (QED) is 0.838. The number of benzene rings is 1. The van der Waals surface area contributed by atoms with Crippen molar-refractivity contribution in [3.63, 3.8) is 0 Å². The molecule has 1 amide bonds. The van der Waals surface area contributed by atoms with Crippen LogP contribution >= 0.6 is 11.6 Å². The van der Waals surface area contributed by atoms with Gasteiger partial charge in [0, 0.05) is 5.69 Å². The van der Waals surface area contributed by atoms with Crippen LogP contribution in [0.3, 0.4) is 0 Å². The highest BCUT2D eigenvalue weighted by atomic mass is 35.5. The van der Waals surface area contributed by atoms with E-state index in [4.69, 9.17) is 21.8 Å². The van der Waals surface area contributed by atoms with Gasteiger partial charge < -0.3 is 15.5 Å². The van der Waals surface area contributed by atoms with Crippen LogP contribution in [0.1, 0.15) is 29.1 Å². The zero-order valence-electron chi connectivity index (χ0n) is 9.81. The van der Waals surface area contributed by atoms with Crippen LogP contribution in [-0.4, -0.2) is 5.91 Å². The Labute approximate surface area is 110 Å². The van der Waals surface area contributed by atoms with Crippen molar-refractivity contribution < 1.29 is 9.21 Å². The molecule has 1 unspecified atom stereocenters. The average Bonchev–Trinajstić information content (AvgIpc) is 2.76. The molecule has 18 heavy (non-hydrogen) atoms. The van der Waals surface area contributed by atoms with Crippen molar-refractivity contribution in [3.8, 4) is 0 Å². The Balaban J connectivity index is 2.10. The number of hydrogen-bond donors (Lipinski definition) is 2. The molecule has 0 spiro atoms. The topological polar surface area (TPSA) is 68.3 Å². The number of furan rings is 1. The number of nitrogens with one attached hydrogen (secondary N) is 1. The number of carbonyl (C=O) groups excluding carboxylic acids is 1. The fourth-order valence-corrected chi connectivity index (χ4v) is 1.83. The number of nitrogens with two attached hydrogens (primary N) is 1. The minimum Gasteiger partial charge on any atom is -0.440 e. The van der Waals surface area contributed by atoms with E-state index in [-0.39, 0.29) is 22.9 Å². The van der Waals surface area contributed by atoms with Gasteiger partial charge in [-0.05, 0) is 42.3 Å². The lowest BCUT2D eigenvalue weighted by Crippen LogP contribution is -2.26. The van der Waals surface area contributed by atoms with Gasteiger partial charge in [-0.3, -0.25) is 4.79 Å². The van der Waals surface area contributed by atoms with Gasteiger partial charge in [-0.25, -0.2) is 0 Å². The molecule has 0 bridgehead atoms. The molecule has 0 fully saturated rings. The summed E-state index contributed by atoms with van der Waals surface area (Å²) in [5, 5.41) is 2.98. The number of amides is 1. The summed E-state index contributed by atoms with van der Waals surface area (Å²) in [6, 6.07) is 10.2. The van der Waals surface area contributed by atoms with Crippen molar-refractivity contribution >= 4 is 23.2 Å². The van der Waals surface area contributed by atoms with Crippen molar-refractivity contribution in [2.45, 2.75) is 13.0 Å². The Morgan fingerprint density at radius 2 is 2.06 bits per heavy atom. The Hall–Kier alpha value is -1.94. The molecule has 5 heteroatoms. The molecule has 1 aromatic carbocycles. The molecule has 1 heterocycles. The molecule has 1 aromatic heterocycles. The molecule has 0 saturated heterocycles. The normalized spacial score (nSPS) is 12.1. The van der Waals surface area contributed by atoms with Gasteiger partial charge in [0.25, 0.3) is 5.91 Å². The van der Waals surface area contributed by atoms with E-state index in [1.165, 1.54) is 12.1 Å². The molecule has 0 aliphatic heterocycles. The molecule has 0 radical (unpaired) electrons. The Morgan fingerprint density at radius 1 is 1.33 bits per heavy atom. The molecule has 1 atom stereocenters. The molecular formula is C13H13ClN2O2. The van der Waals surface area contributed by atoms with Crippen molar-refractivity contribution in [1.82, 2.24) is 5.32 Å². The monoisotopic (exact) mass is 264 g/mol. The van der Waals surface area contributed by atoms with Crippen LogP contribution in [0.25, 0.3) is 0 Å². The van der Waals surface area contributed by atoms with Gasteiger partial charge in [0.1, 0.15) is 0 Å². The Morgan fingerprint density at radius 3 is 2.67 bits per heavy atom. The molecule has 94 valence electrons. The molecule has 2 aromatic rings. The third kappa shape index (κ3) is 2.65. The maximum Gasteiger partial charge on any atom is 0.287 e. The summed E-state index contributed by atoms with van der Waals surface area (Å²) >= 11 is 5.62. The smallest absolute Gasteiger partial charge is 0.287 e. The van der Waals surface area contributed by atoms with E-state index in [1.807, 2.05) is 25.1 Å². The molecule has 0 aliphatic carbocycles. The van der Waals surface area contributed by atoms with Crippen LogP contribution in [0, 0.1) is 0 Å². The molecule has 0 aliphatic rings. The number of hydrogen-bond acceptors (Lipinski definition) is 3. The van der Waals surface area contributed by atoms with Gasteiger partial charge in [0.2, 0.25) is 0 Å². The zero-order valence-corrected chi connectivity index (χ0v) is 10.6. The van der Waals surface area contributed by atoms with E-state index in [0.29, 0.717) is 5.69 Å². The highest BCUT2D eigenvalue weighted by Crippen LogP contribution is 2.20. The van der Waals surface area contributed by atoms with Crippen LogP contribution in [-0.2, 0) is 0 Å². The summed E-state index contributed by atoms with van der Waals surface area (Å²) in [7, 11) is 0. The minimum atomic E-state index is -0.322. The van der Waals surface area contributed by atoms with Crippen LogP contribution in [0.4, 0.5) is 5.69 Å². The van der Waals surface area contributed by atoms with Gasteiger partial charge >= 0.3 is 0 Å². The van der Waals surface area contributed by atoms with Gasteiger partial charge in [-0.2, -0.15) is 0 Å². The van der Waals surface area contributed by atoms with Crippen molar-refractivity contribution in [1.29, 1.82) is 0 Å². The second-order valence-electron chi connectivity index (χ2n) is 3.93. The molecule has 2 rings (SSSR count). The van der Waals surface area contributed by atoms with Crippen LogP contribution < -0.4 is 11.1 Å². The van der Waals surface area contributed by atoms with Crippen molar-refractivity contribution in [2.75, 3.05) is 5.73 Å². The predicted molar refractivity (Wildman–Crippen MR) is 70.5 cm³/mol. The highest BCUT2D eigenvalue weighted by Gasteiger charge is 2.15. The standard InChI is InChI=1S/C13H13ClN2O2/c1-8(9-4-2-3-5-10(9)15)16-13(17)11-6-7-12(14)18-11/h2-8H,15H2,1H3,(H,16,17). The third-order valence-corrected chi connectivity index (χ3v) is 2.81. The number of carbonyl (C=O) groups is 1. The lowest BCUT2D eigenvalue weighted by molar-refractivity contribution is 0.0912. The first-order valence-electron chi connectivity index (χ1n) is 5.48. The summed E-state index contributed by atoms with van der Waals surface area (Å²) in [6.45, 7) is 1.86. The first-order valence-corrected chi connectivity index (χ1v) is 5.86. The average molecular weight is 265 g/mol. The Kier molecular flexibility index (Phi) is 3.58. The second kappa shape index (κ2) is 5.14. The summed E-state index contributed by atoms with van der Waals surface area (Å²) in [5.74, 6) is -0.140. The number of halogens is 1. The van der Waals surface area contributed by atoms with Crippen molar-refractivity contribution in [3.05, 3.63) is 52.9 Å². The molecular weight excluding hydrogens is 252 g/mol. The molecule has 0 saturated carbocycles. The van der Waals surface area contributed by atoms with Gasteiger partial charge in [-0.15, -0.1) is 0 Å². The van der Waals surface area contributed by atoms with Crippen LogP contribution in [0.2, 0.25) is 5.22 Å². The number of rotatable bonds is 3. The summed E-state index contributed by atoms with van der Waals surface area (Å²) in [5.41, 5.74) is 7.35. The lowest BCUT2D eigenvalue weighted by Gasteiger charge is -2.15. The molecule has 3 N–H and O–H groups in total. The lowest BCUT2D eigenvalue weighted by atomic mass is 10.1. The van der Waals surface area contributed by atoms with Crippen molar-refractivity contribution in [2.24, 2.45) is 0 Å². The van der Waals surface area contributed by atoms with Crippen LogP contribution in [0.15, 0.2) is 40.8 Å². The fourth-order valence-electron chi connectivity index (χ4n) is 1.69. The van der Waals surface area contributed by atoms with E-state index in [0.717, 1.165) is 5.56 Å². The first-order chi connectivity index (χ1) is 8.58.